The molecule has 1 saturated carbocycles. The molecule has 0 bridgehead atoms. The summed E-state index contributed by atoms with van der Waals surface area (Å²) in [6.07, 6.45) is 8.49. The van der Waals surface area contributed by atoms with Crippen molar-refractivity contribution in [1.82, 2.24) is 4.98 Å². The molecule has 1 aromatic rings. The first-order valence-electron chi connectivity index (χ1n) is 5.09. The Morgan fingerprint density at radius 1 is 1.54 bits per heavy atom. The second kappa shape index (κ2) is 4.09. The van der Waals surface area contributed by atoms with Crippen LogP contribution in [-0.2, 0) is 6.42 Å². The first kappa shape index (κ1) is 9.00. The van der Waals surface area contributed by atoms with E-state index < -0.39 is 0 Å². The molecule has 72 valence electrons. The van der Waals surface area contributed by atoms with Gasteiger partial charge in [-0.2, -0.15) is 0 Å². The molecule has 0 radical (unpaired) electrons. The van der Waals surface area contributed by atoms with Crippen molar-refractivity contribution in [2.75, 3.05) is 5.32 Å². The highest BCUT2D eigenvalue weighted by molar-refractivity contribution is 7.15. The maximum Gasteiger partial charge on any atom is 0.183 e. The minimum atomic E-state index is 0.691. The summed E-state index contributed by atoms with van der Waals surface area (Å²) in [6.45, 7) is 2.17. The molecule has 13 heavy (non-hydrogen) atoms. The molecule has 0 spiro atoms. The smallest absolute Gasteiger partial charge is 0.183 e. The summed E-state index contributed by atoms with van der Waals surface area (Å²) >= 11 is 1.80. The van der Waals surface area contributed by atoms with E-state index in [0.717, 1.165) is 11.6 Å². The van der Waals surface area contributed by atoms with Crippen LogP contribution < -0.4 is 5.32 Å². The lowest BCUT2D eigenvalue weighted by Crippen LogP contribution is -2.13. The number of hydrogen-bond acceptors (Lipinski definition) is 3. The summed E-state index contributed by atoms with van der Waals surface area (Å²) in [5.74, 6) is 0. The highest BCUT2D eigenvalue weighted by Crippen LogP contribution is 2.25. The third-order valence-corrected chi connectivity index (χ3v) is 3.66. The first-order valence-corrected chi connectivity index (χ1v) is 5.91. The second-order valence-corrected chi connectivity index (χ2v) is 4.73. The van der Waals surface area contributed by atoms with Gasteiger partial charge in [-0.3, -0.25) is 0 Å². The van der Waals surface area contributed by atoms with Gasteiger partial charge in [0.05, 0.1) is 0 Å². The van der Waals surface area contributed by atoms with E-state index in [1.807, 2.05) is 6.20 Å². The minimum absolute atomic E-state index is 0.691. The van der Waals surface area contributed by atoms with Crippen LogP contribution in [0.2, 0.25) is 0 Å². The van der Waals surface area contributed by atoms with Crippen molar-refractivity contribution < 1.29 is 0 Å². The van der Waals surface area contributed by atoms with Crippen molar-refractivity contribution in [1.29, 1.82) is 0 Å². The third kappa shape index (κ3) is 2.21. The van der Waals surface area contributed by atoms with Crippen LogP contribution in [0.5, 0.6) is 0 Å². The normalized spacial score (nSPS) is 17.9. The van der Waals surface area contributed by atoms with Crippen molar-refractivity contribution in [2.45, 2.75) is 45.1 Å². The molecule has 1 fully saturated rings. The lowest BCUT2D eigenvalue weighted by Gasteiger charge is -2.09. The van der Waals surface area contributed by atoms with Gasteiger partial charge in [0.25, 0.3) is 0 Å². The Bertz CT molecular complexity index is 264. The predicted octanol–water partition coefficient (Wildman–Crippen LogP) is 3.06. The number of aryl methyl sites for hydroxylation is 1. The SMILES string of the molecule is CCc1cnc(NC2CCCC2)s1. The third-order valence-electron chi connectivity index (χ3n) is 2.58. The van der Waals surface area contributed by atoms with Crippen LogP contribution in [0.15, 0.2) is 6.20 Å². The number of nitrogens with one attached hydrogen (secondary N) is 1. The Balaban J connectivity index is 1.92. The summed E-state index contributed by atoms with van der Waals surface area (Å²) in [7, 11) is 0. The van der Waals surface area contributed by atoms with Gasteiger partial charge in [-0.1, -0.05) is 19.8 Å². The van der Waals surface area contributed by atoms with Crippen LogP contribution in [0, 0.1) is 0 Å². The fourth-order valence-corrected chi connectivity index (χ4v) is 2.61. The molecule has 0 atom stereocenters. The maximum absolute atomic E-state index is 4.36. The van der Waals surface area contributed by atoms with Crippen molar-refractivity contribution in [3.8, 4) is 0 Å². The quantitative estimate of drug-likeness (QED) is 0.803. The summed E-state index contributed by atoms with van der Waals surface area (Å²) < 4.78 is 0. The van der Waals surface area contributed by atoms with E-state index in [2.05, 4.69) is 17.2 Å². The Labute approximate surface area is 83.4 Å². The molecule has 1 aromatic heterocycles. The lowest BCUT2D eigenvalue weighted by molar-refractivity contribution is 0.754. The lowest BCUT2D eigenvalue weighted by atomic mass is 10.3. The van der Waals surface area contributed by atoms with Gasteiger partial charge in [0.1, 0.15) is 0 Å². The maximum atomic E-state index is 4.36. The van der Waals surface area contributed by atoms with Gasteiger partial charge in [-0.25, -0.2) is 4.98 Å². The molecule has 0 aromatic carbocycles. The van der Waals surface area contributed by atoms with Gasteiger partial charge in [0.2, 0.25) is 0 Å². The van der Waals surface area contributed by atoms with Crippen LogP contribution in [0.4, 0.5) is 5.13 Å². The van der Waals surface area contributed by atoms with Gasteiger partial charge in [-0.15, -0.1) is 11.3 Å². The van der Waals surface area contributed by atoms with Crippen molar-refractivity contribution in [3.63, 3.8) is 0 Å². The van der Waals surface area contributed by atoms with Crippen molar-refractivity contribution in [2.24, 2.45) is 0 Å². The van der Waals surface area contributed by atoms with E-state index in [1.165, 1.54) is 30.6 Å². The second-order valence-electron chi connectivity index (χ2n) is 3.61. The molecule has 0 saturated heterocycles. The molecule has 1 aliphatic rings. The molecule has 0 aliphatic heterocycles. The summed E-state index contributed by atoms with van der Waals surface area (Å²) in [5.41, 5.74) is 0. The molecular formula is C10H16N2S. The zero-order valence-electron chi connectivity index (χ0n) is 8.05. The highest BCUT2D eigenvalue weighted by atomic mass is 32.1. The Morgan fingerprint density at radius 3 is 2.92 bits per heavy atom. The van der Waals surface area contributed by atoms with Gasteiger partial charge in [0, 0.05) is 17.1 Å². The monoisotopic (exact) mass is 196 g/mol. The molecule has 0 unspecified atom stereocenters. The van der Waals surface area contributed by atoms with Crippen LogP contribution in [0.1, 0.15) is 37.5 Å². The van der Waals surface area contributed by atoms with Gasteiger partial charge >= 0.3 is 0 Å². The molecule has 1 N–H and O–H groups in total. The number of nitrogens with zero attached hydrogens (tertiary/aromatic N) is 1. The topological polar surface area (TPSA) is 24.9 Å². The van der Waals surface area contributed by atoms with Crippen LogP contribution >= 0.6 is 11.3 Å². The highest BCUT2D eigenvalue weighted by Gasteiger charge is 2.15. The summed E-state index contributed by atoms with van der Waals surface area (Å²) in [5, 5.41) is 4.62. The van der Waals surface area contributed by atoms with E-state index in [4.69, 9.17) is 0 Å². The molecule has 1 aliphatic carbocycles. The van der Waals surface area contributed by atoms with E-state index >= 15 is 0 Å². The van der Waals surface area contributed by atoms with Gasteiger partial charge in [0.15, 0.2) is 5.13 Å². The van der Waals surface area contributed by atoms with Crippen molar-refractivity contribution in [3.05, 3.63) is 11.1 Å². The van der Waals surface area contributed by atoms with E-state index in [-0.39, 0.29) is 0 Å². The zero-order valence-corrected chi connectivity index (χ0v) is 8.86. The largest absolute Gasteiger partial charge is 0.359 e. The fourth-order valence-electron chi connectivity index (χ4n) is 1.78. The summed E-state index contributed by atoms with van der Waals surface area (Å²) in [4.78, 5) is 5.73. The first-order chi connectivity index (χ1) is 6.38. The Hall–Kier alpha value is -0.570. The number of aromatic nitrogens is 1. The van der Waals surface area contributed by atoms with Crippen molar-refractivity contribution >= 4 is 16.5 Å². The zero-order chi connectivity index (χ0) is 9.10. The molecule has 3 heteroatoms. The summed E-state index contributed by atoms with van der Waals surface area (Å²) in [6, 6.07) is 0.691. The molecule has 1 heterocycles. The molecule has 2 nitrogen and oxygen atoms in total. The number of hydrogen-bond donors (Lipinski definition) is 1. The molecular weight excluding hydrogens is 180 g/mol. The Kier molecular flexibility index (Phi) is 2.83. The van der Waals surface area contributed by atoms with Crippen LogP contribution in [-0.4, -0.2) is 11.0 Å². The average molecular weight is 196 g/mol. The van der Waals surface area contributed by atoms with Gasteiger partial charge in [-0.05, 0) is 19.3 Å². The predicted molar refractivity (Wildman–Crippen MR) is 57.4 cm³/mol. The number of anilines is 1. The Morgan fingerprint density at radius 2 is 2.31 bits per heavy atom. The van der Waals surface area contributed by atoms with E-state index in [9.17, 15) is 0 Å². The molecule has 0 amide bonds. The fraction of sp³-hybridized carbons (Fsp3) is 0.700. The number of rotatable bonds is 3. The average Bonchev–Trinajstić information content (AvgIpc) is 2.76. The number of thiazole rings is 1. The van der Waals surface area contributed by atoms with E-state index in [1.54, 1.807) is 11.3 Å². The minimum Gasteiger partial charge on any atom is -0.359 e. The van der Waals surface area contributed by atoms with Crippen LogP contribution in [0.3, 0.4) is 0 Å². The standard InChI is InChI=1S/C10H16N2S/c1-2-9-7-11-10(13-9)12-8-5-3-4-6-8/h7-8H,2-6H2,1H3,(H,11,12). The molecule has 2 rings (SSSR count). The van der Waals surface area contributed by atoms with Crippen LogP contribution in [0.25, 0.3) is 0 Å². The van der Waals surface area contributed by atoms with Gasteiger partial charge < -0.3 is 5.32 Å². The van der Waals surface area contributed by atoms with E-state index in [0.29, 0.717) is 6.04 Å².